The Kier molecular flexibility index (Phi) is 5.92. The molecule has 0 saturated heterocycles. The second-order valence-electron chi connectivity index (χ2n) is 4.35. The molecule has 0 aromatic heterocycles. The summed E-state index contributed by atoms with van der Waals surface area (Å²) in [6, 6.07) is 5.79. The van der Waals surface area contributed by atoms with E-state index < -0.39 is 11.0 Å². The quantitative estimate of drug-likeness (QED) is 0.838. The molecule has 0 aliphatic rings. The van der Waals surface area contributed by atoms with Crippen LogP contribution in [0.25, 0.3) is 5.57 Å². The van der Waals surface area contributed by atoms with E-state index in [0.29, 0.717) is 12.2 Å². The van der Waals surface area contributed by atoms with Crippen LogP contribution < -0.4 is 10.0 Å². The van der Waals surface area contributed by atoms with Gasteiger partial charge >= 0.3 is 0 Å². The molecule has 0 heterocycles. The molecule has 104 valence electrons. The summed E-state index contributed by atoms with van der Waals surface area (Å²) in [6.07, 6.45) is 0.716. The zero-order valence-electron chi connectivity index (χ0n) is 11.6. The average Bonchev–Trinajstić information content (AvgIpc) is 2.36. The SMILES string of the molecule is C=C(C)c1cc(CCS(=O)NC)ccc1NC(C)=O. The highest BCUT2D eigenvalue weighted by Gasteiger charge is 2.07. The topological polar surface area (TPSA) is 58.2 Å². The third-order valence-electron chi connectivity index (χ3n) is 2.66. The van der Waals surface area contributed by atoms with E-state index in [-0.39, 0.29) is 5.91 Å². The molecule has 1 atom stereocenters. The molecular formula is C14H20N2O2S. The number of carbonyl (C=O) groups is 1. The maximum atomic E-state index is 11.3. The third-order valence-corrected chi connectivity index (χ3v) is 3.69. The Labute approximate surface area is 116 Å². The number of anilines is 1. The Morgan fingerprint density at radius 1 is 1.37 bits per heavy atom. The predicted octanol–water partition coefficient (Wildman–Crippen LogP) is 2.10. The maximum Gasteiger partial charge on any atom is 0.221 e. The molecule has 1 rings (SSSR count). The van der Waals surface area contributed by atoms with Gasteiger partial charge in [0.25, 0.3) is 0 Å². The van der Waals surface area contributed by atoms with Crippen molar-refractivity contribution in [2.45, 2.75) is 20.3 Å². The van der Waals surface area contributed by atoms with Gasteiger partial charge < -0.3 is 5.32 Å². The highest BCUT2D eigenvalue weighted by molar-refractivity contribution is 7.82. The van der Waals surface area contributed by atoms with E-state index in [1.54, 1.807) is 7.05 Å². The molecule has 5 heteroatoms. The summed E-state index contributed by atoms with van der Waals surface area (Å²) in [6.45, 7) is 7.30. The number of hydrogen-bond acceptors (Lipinski definition) is 2. The number of nitrogens with one attached hydrogen (secondary N) is 2. The maximum absolute atomic E-state index is 11.3. The summed E-state index contributed by atoms with van der Waals surface area (Å²) in [5.41, 5.74) is 3.65. The molecule has 0 saturated carbocycles. The van der Waals surface area contributed by atoms with Crippen LogP contribution in [0, 0.1) is 0 Å². The molecule has 2 N–H and O–H groups in total. The first-order valence-corrected chi connectivity index (χ1v) is 7.38. The highest BCUT2D eigenvalue weighted by atomic mass is 32.2. The lowest BCUT2D eigenvalue weighted by Crippen LogP contribution is -2.15. The van der Waals surface area contributed by atoms with Crippen LogP contribution in [0.5, 0.6) is 0 Å². The van der Waals surface area contributed by atoms with Gasteiger partial charge in [-0.05, 0) is 43.7 Å². The molecule has 1 aromatic rings. The van der Waals surface area contributed by atoms with Crippen LogP contribution in [0.15, 0.2) is 24.8 Å². The molecular weight excluding hydrogens is 260 g/mol. The minimum Gasteiger partial charge on any atom is -0.326 e. The average molecular weight is 280 g/mol. The molecule has 1 unspecified atom stereocenters. The summed E-state index contributed by atoms with van der Waals surface area (Å²) < 4.78 is 14.0. The Morgan fingerprint density at radius 2 is 2.05 bits per heavy atom. The summed E-state index contributed by atoms with van der Waals surface area (Å²) in [5.74, 6) is 0.456. The molecule has 4 nitrogen and oxygen atoms in total. The Hall–Kier alpha value is -1.46. The van der Waals surface area contributed by atoms with Crippen LogP contribution in [0.4, 0.5) is 5.69 Å². The van der Waals surface area contributed by atoms with E-state index in [4.69, 9.17) is 0 Å². The van der Waals surface area contributed by atoms with Crippen molar-refractivity contribution in [1.82, 2.24) is 4.72 Å². The van der Waals surface area contributed by atoms with Gasteiger partial charge in [-0.15, -0.1) is 0 Å². The van der Waals surface area contributed by atoms with Crippen LogP contribution in [0.2, 0.25) is 0 Å². The van der Waals surface area contributed by atoms with E-state index in [1.165, 1.54) is 6.92 Å². The fourth-order valence-corrected chi connectivity index (χ4v) is 2.34. The standard InChI is InChI=1S/C14H20N2O2S/c1-10(2)13-9-12(7-8-19(18)15-4)5-6-14(13)16-11(3)17/h5-6,9,15H,1,7-8H2,2-4H3,(H,16,17). The highest BCUT2D eigenvalue weighted by Crippen LogP contribution is 2.24. The van der Waals surface area contributed by atoms with Gasteiger partial charge in [-0.2, -0.15) is 0 Å². The van der Waals surface area contributed by atoms with Gasteiger partial charge in [0.15, 0.2) is 0 Å². The molecule has 0 spiro atoms. The lowest BCUT2D eigenvalue weighted by molar-refractivity contribution is -0.114. The molecule has 1 aromatic carbocycles. The first kappa shape index (κ1) is 15.6. The monoisotopic (exact) mass is 280 g/mol. The van der Waals surface area contributed by atoms with Gasteiger partial charge in [0.2, 0.25) is 5.91 Å². The minimum absolute atomic E-state index is 0.105. The predicted molar refractivity (Wildman–Crippen MR) is 81.2 cm³/mol. The molecule has 0 radical (unpaired) electrons. The van der Waals surface area contributed by atoms with Gasteiger partial charge in [0, 0.05) is 23.9 Å². The largest absolute Gasteiger partial charge is 0.326 e. The molecule has 0 aliphatic carbocycles. The normalized spacial score (nSPS) is 11.9. The van der Waals surface area contributed by atoms with Crippen molar-refractivity contribution in [2.24, 2.45) is 0 Å². The Balaban J connectivity index is 2.92. The molecule has 0 bridgehead atoms. The summed E-state index contributed by atoms with van der Waals surface area (Å²) in [5, 5.41) is 2.79. The van der Waals surface area contributed by atoms with E-state index in [2.05, 4.69) is 16.6 Å². The zero-order valence-corrected chi connectivity index (χ0v) is 12.4. The van der Waals surface area contributed by atoms with Crippen LogP contribution in [-0.4, -0.2) is 22.9 Å². The number of rotatable bonds is 6. The smallest absolute Gasteiger partial charge is 0.221 e. The molecule has 0 fully saturated rings. The minimum atomic E-state index is -1.00. The summed E-state index contributed by atoms with van der Waals surface area (Å²) in [7, 11) is 0.674. The van der Waals surface area contributed by atoms with Gasteiger partial charge in [0.1, 0.15) is 0 Å². The van der Waals surface area contributed by atoms with Gasteiger partial charge in [-0.25, -0.2) is 8.93 Å². The first-order valence-electron chi connectivity index (χ1n) is 6.06. The molecule has 0 aliphatic heterocycles. The fraction of sp³-hybridized carbons (Fsp3) is 0.357. The summed E-state index contributed by atoms with van der Waals surface area (Å²) >= 11 is 0. The number of benzene rings is 1. The van der Waals surface area contributed by atoms with Crippen LogP contribution >= 0.6 is 0 Å². The Bertz CT molecular complexity index is 512. The van der Waals surface area contributed by atoms with Crippen LogP contribution in [0.1, 0.15) is 25.0 Å². The van der Waals surface area contributed by atoms with Crippen LogP contribution in [-0.2, 0) is 22.2 Å². The van der Waals surface area contributed by atoms with Crippen molar-refractivity contribution in [1.29, 1.82) is 0 Å². The number of aryl methyl sites for hydroxylation is 1. The van der Waals surface area contributed by atoms with Crippen molar-refractivity contribution in [3.8, 4) is 0 Å². The van der Waals surface area contributed by atoms with E-state index in [0.717, 1.165) is 22.4 Å². The van der Waals surface area contributed by atoms with Crippen molar-refractivity contribution >= 4 is 28.2 Å². The second kappa shape index (κ2) is 7.21. The van der Waals surface area contributed by atoms with E-state index in [9.17, 15) is 9.00 Å². The van der Waals surface area contributed by atoms with Crippen molar-refractivity contribution in [2.75, 3.05) is 18.1 Å². The number of carbonyl (C=O) groups excluding carboxylic acids is 1. The van der Waals surface area contributed by atoms with Gasteiger partial charge in [0.05, 0.1) is 11.0 Å². The van der Waals surface area contributed by atoms with E-state index >= 15 is 0 Å². The summed E-state index contributed by atoms with van der Waals surface area (Å²) in [4.78, 5) is 11.1. The Morgan fingerprint density at radius 3 is 2.58 bits per heavy atom. The first-order chi connectivity index (χ1) is 8.93. The van der Waals surface area contributed by atoms with Crippen molar-refractivity contribution in [3.05, 3.63) is 35.9 Å². The van der Waals surface area contributed by atoms with E-state index in [1.807, 2.05) is 25.1 Å². The fourth-order valence-electron chi connectivity index (χ4n) is 1.71. The lowest BCUT2D eigenvalue weighted by atomic mass is 10.0. The molecule has 1 amide bonds. The third kappa shape index (κ3) is 4.96. The van der Waals surface area contributed by atoms with Crippen molar-refractivity contribution < 1.29 is 9.00 Å². The van der Waals surface area contributed by atoms with Crippen molar-refractivity contribution in [3.63, 3.8) is 0 Å². The number of allylic oxidation sites excluding steroid dienone is 1. The van der Waals surface area contributed by atoms with Crippen LogP contribution in [0.3, 0.4) is 0 Å². The zero-order chi connectivity index (χ0) is 14.4. The number of amides is 1. The van der Waals surface area contributed by atoms with Gasteiger partial charge in [-0.3, -0.25) is 4.79 Å². The molecule has 19 heavy (non-hydrogen) atoms. The number of hydrogen-bond donors (Lipinski definition) is 2. The van der Waals surface area contributed by atoms with Gasteiger partial charge in [-0.1, -0.05) is 12.6 Å². The second-order valence-corrected chi connectivity index (χ2v) is 5.85. The lowest BCUT2D eigenvalue weighted by Gasteiger charge is -2.12.